The SMILES string of the molecule is Cc1c(NC(=O)NCC2(O)CCC2)cccc1[N+](=O)[O-]. The first-order valence-corrected chi connectivity index (χ1v) is 6.42. The van der Waals surface area contributed by atoms with E-state index >= 15 is 0 Å². The predicted octanol–water partition coefficient (Wildman–Crippen LogP) is 1.94. The third kappa shape index (κ3) is 3.05. The molecule has 7 heteroatoms. The number of hydrogen-bond donors (Lipinski definition) is 3. The largest absolute Gasteiger partial charge is 0.388 e. The molecule has 1 fully saturated rings. The van der Waals surface area contributed by atoms with Crippen LogP contribution in [0.1, 0.15) is 24.8 Å². The third-order valence-electron chi connectivity index (χ3n) is 3.61. The van der Waals surface area contributed by atoms with Crippen LogP contribution in [0, 0.1) is 17.0 Å². The Hall–Kier alpha value is -2.15. The topological polar surface area (TPSA) is 104 Å². The van der Waals surface area contributed by atoms with Gasteiger partial charge in [-0.15, -0.1) is 0 Å². The highest BCUT2D eigenvalue weighted by atomic mass is 16.6. The molecule has 7 nitrogen and oxygen atoms in total. The second-order valence-corrected chi connectivity index (χ2v) is 5.09. The molecule has 0 unspecified atom stereocenters. The highest BCUT2D eigenvalue weighted by Crippen LogP contribution is 2.30. The summed E-state index contributed by atoms with van der Waals surface area (Å²) in [4.78, 5) is 22.0. The van der Waals surface area contributed by atoms with Crippen LogP contribution in [0.4, 0.5) is 16.2 Å². The second kappa shape index (κ2) is 5.46. The number of benzene rings is 1. The molecule has 2 rings (SSSR count). The molecular formula is C13H17N3O4. The first-order chi connectivity index (χ1) is 9.41. The summed E-state index contributed by atoms with van der Waals surface area (Å²) in [5.41, 5.74) is -0.0533. The second-order valence-electron chi connectivity index (χ2n) is 5.09. The maximum Gasteiger partial charge on any atom is 0.319 e. The zero-order valence-corrected chi connectivity index (χ0v) is 11.2. The summed E-state index contributed by atoms with van der Waals surface area (Å²) in [6, 6.07) is 4.02. The summed E-state index contributed by atoms with van der Waals surface area (Å²) in [7, 11) is 0. The molecule has 2 amide bonds. The average Bonchev–Trinajstić information content (AvgIpc) is 2.36. The maximum atomic E-state index is 11.7. The molecule has 108 valence electrons. The van der Waals surface area contributed by atoms with Crippen molar-refractivity contribution in [1.82, 2.24) is 5.32 Å². The number of nitrogens with zero attached hydrogens (tertiary/aromatic N) is 1. The fraction of sp³-hybridized carbons (Fsp3) is 0.462. The van der Waals surface area contributed by atoms with Crippen molar-refractivity contribution in [1.29, 1.82) is 0 Å². The van der Waals surface area contributed by atoms with E-state index in [1.165, 1.54) is 12.1 Å². The molecule has 0 aliphatic heterocycles. The fourth-order valence-electron chi connectivity index (χ4n) is 2.13. The van der Waals surface area contributed by atoms with E-state index in [0.717, 1.165) is 6.42 Å². The van der Waals surface area contributed by atoms with Crippen LogP contribution < -0.4 is 10.6 Å². The average molecular weight is 279 g/mol. The number of aliphatic hydroxyl groups is 1. The number of carbonyl (C=O) groups excluding carboxylic acids is 1. The van der Waals surface area contributed by atoms with Gasteiger partial charge in [0.2, 0.25) is 0 Å². The Morgan fingerprint density at radius 2 is 2.20 bits per heavy atom. The van der Waals surface area contributed by atoms with Crippen LogP contribution in [0.15, 0.2) is 18.2 Å². The Balaban J connectivity index is 1.97. The molecule has 0 bridgehead atoms. The highest BCUT2D eigenvalue weighted by molar-refractivity contribution is 5.90. The molecule has 0 radical (unpaired) electrons. The number of urea groups is 1. The van der Waals surface area contributed by atoms with Crippen molar-refractivity contribution in [3.8, 4) is 0 Å². The summed E-state index contributed by atoms with van der Waals surface area (Å²) in [5, 5.41) is 25.8. The summed E-state index contributed by atoms with van der Waals surface area (Å²) in [5.74, 6) is 0. The minimum atomic E-state index is -0.797. The number of nitro groups is 1. The predicted molar refractivity (Wildman–Crippen MR) is 73.7 cm³/mol. The van der Waals surface area contributed by atoms with E-state index in [4.69, 9.17) is 0 Å². The number of amides is 2. The molecule has 1 aromatic rings. The molecule has 0 spiro atoms. The van der Waals surface area contributed by atoms with Gasteiger partial charge in [0.25, 0.3) is 5.69 Å². The third-order valence-corrected chi connectivity index (χ3v) is 3.61. The van der Waals surface area contributed by atoms with Gasteiger partial charge in [-0.1, -0.05) is 6.07 Å². The van der Waals surface area contributed by atoms with Crippen molar-refractivity contribution in [3.05, 3.63) is 33.9 Å². The molecule has 1 aliphatic rings. The molecule has 1 aliphatic carbocycles. The molecule has 3 N–H and O–H groups in total. The zero-order valence-electron chi connectivity index (χ0n) is 11.2. The van der Waals surface area contributed by atoms with Crippen LogP contribution in [0.5, 0.6) is 0 Å². The molecule has 1 aromatic carbocycles. The van der Waals surface area contributed by atoms with Crippen molar-refractivity contribution in [2.45, 2.75) is 31.8 Å². The van der Waals surface area contributed by atoms with Gasteiger partial charge in [0, 0.05) is 12.6 Å². The Kier molecular flexibility index (Phi) is 3.89. The van der Waals surface area contributed by atoms with Crippen LogP contribution in [-0.4, -0.2) is 28.2 Å². The van der Waals surface area contributed by atoms with E-state index < -0.39 is 16.6 Å². The number of anilines is 1. The Labute approximate surface area is 116 Å². The fourth-order valence-corrected chi connectivity index (χ4v) is 2.13. The van der Waals surface area contributed by atoms with Gasteiger partial charge in [-0.25, -0.2) is 4.79 Å². The van der Waals surface area contributed by atoms with Gasteiger partial charge >= 0.3 is 6.03 Å². The summed E-state index contributed by atoms with van der Waals surface area (Å²) < 4.78 is 0. The molecular weight excluding hydrogens is 262 g/mol. The monoisotopic (exact) mass is 279 g/mol. The highest BCUT2D eigenvalue weighted by Gasteiger charge is 2.34. The van der Waals surface area contributed by atoms with Gasteiger partial charge in [-0.3, -0.25) is 10.1 Å². The quantitative estimate of drug-likeness (QED) is 0.578. The van der Waals surface area contributed by atoms with Crippen molar-refractivity contribution >= 4 is 17.4 Å². The van der Waals surface area contributed by atoms with E-state index in [-0.39, 0.29) is 12.2 Å². The van der Waals surface area contributed by atoms with Gasteiger partial charge in [-0.2, -0.15) is 0 Å². The van der Waals surface area contributed by atoms with E-state index in [1.807, 2.05) is 0 Å². The van der Waals surface area contributed by atoms with Gasteiger partial charge < -0.3 is 15.7 Å². The van der Waals surface area contributed by atoms with Crippen LogP contribution in [0.3, 0.4) is 0 Å². The summed E-state index contributed by atoms with van der Waals surface area (Å²) >= 11 is 0. The number of rotatable bonds is 4. The maximum absolute atomic E-state index is 11.7. The number of hydrogen-bond acceptors (Lipinski definition) is 4. The molecule has 20 heavy (non-hydrogen) atoms. The van der Waals surface area contributed by atoms with Crippen molar-refractivity contribution < 1.29 is 14.8 Å². The molecule has 0 atom stereocenters. The lowest BCUT2D eigenvalue weighted by molar-refractivity contribution is -0.385. The smallest absolute Gasteiger partial charge is 0.319 e. The van der Waals surface area contributed by atoms with Crippen molar-refractivity contribution in [2.75, 3.05) is 11.9 Å². The summed E-state index contributed by atoms with van der Waals surface area (Å²) in [6.45, 7) is 1.76. The molecule has 0 aromatic heterocycles. The van der Waals surface area contributed by atoms with Gasteiger partial charge in [0.15, 0.2) is 0 Å². The van der Waals surface area contributed by atoms with Crippen LogP contribution in [-0.2, 0) is 0 Å². The van der Waals surface area contributed by atoms with E-state index in [0.29, 0.717) is 24.1 Å². The van der Waals surface area contributed by atoms with Gasteiger partial charge in [0.05, 0.1) is 21.8 Å². The van der Waals surface area contributed by atoms with Crippen LogP contribution in [0.25, 0.3) is 0 Å². The first-order valence-electron chi connectivity index (χ1n) is 6.42. The van der Waals surface area contributed by atoms with Gasteiger partial charge in [-0.05, 0) is 32.3 Å². The van der Waals surface area contributed by atoms with Crippen molar-refractivity contribution in [2.24, 2.45) is 0 Å². The molecule has 0 heterocycles. The first kappa shape index (κ1) is 14.3. The Morgan fingerprint density at radius 1 is 1.50 bits per heavy atom. The van der Waals surface area contributed by atoms with Crippen LogP contribution in [0.2, 0.25) is 0 Å². The van der Waals surface area contributed by atoms with Crippen molar-refractivity contribution in [3.63, 3.8) is 0 Å². The Morgan fingerprint density at radius 3 is 2.75 bits per heavy atom. The molecule has 0 saturated heterocycles. The van der Waals surface area contributed by atoms with Gasteiger partial charge in [0.1, 0.15) is 0 Å². The summed E-state index contributed by atoms with van der Waals surface area (Å²) in [6.07, 6.45) is 2.33. The van der Waals surface area contributed by atoms with E-state index in [2.05, 4.69) is 10.6 Å². The number of nitrogens with one attached hydrogen (secondary N) is 2. The van der Waals surface area contributed by atoms with E-state index in [1.54, 1.807) is 13.0 Å². The lowest BCUT2D eigenvalue weighted by Gasteiger charge is -2.36. The van der Waals surface area contributed by atoms with Crippen LogP contribution >= 0.6 is 0 Å². The number of nitro benzene ring substituents is 1. The van der Waals surface area contributed by atoms with E-state index in [9.17, 15) is 20.0 Å². The number of carbonyl (C=O) groups is 1. The zero-order chi connectivity index (χ0) is 14.8. The molecule has 1 saturated carbocycles. The minimum absolute atomic E-state index is 0.0413. The minimum Gasteiger partial charge on any atom is -0.388 e. The normalized spacial score (nSPS) is 16.1. The lowest BCUT2D eigenvalue weighted by atomic mass is 9.80. The standard InChI is InChI=1S/C13H17N3O4/c1-9-10(4-2-5-11(9)16(19)20)15-12(17)14-8-13(18)6-3-7-13/h2,4-5,18H,3,6-8H2,1H3,(H2,14,15,17). The Bertz CT molecular complexity index is 540. The lowest BCUT2D eigenvalue weighted by Crippen LogP contribution is -2.48.